The molecule has 1 aromatic heterocycles. The second kappa shape index (κ2) is 8.31. The second-order valence-corrected chi connectivity index (χ2v) is 7.73. The number of hydrogen-bond donors (Lipinski definition) is 2. The van der Waals surface area contributed by atoms with E-state index in [1.807, 2.05) is 24.3 Å². The summed E-state index contributed by atoms with van der Waals surface area (Å²) in [5.74, 6) is 1.03. The zero-order chi connectivity index (χ0) is 20.1. The van der Waals surface area contributed by atoms with E-state index in [1.165, 1.54) is 0 Å². The summed E-state index contributed by atoms with van der Waals surface area (Å²) in [6, 6.07) is 17.8. The fraction of sp³-hybridized carbons (Fsp3) is 0.182. The first-order chi connectivity index (χ1) is 13.3. The zero-order valence-corrected chi connectivity index (χ0v) is 16.7. The van der Waals surface area contributed by atoms with Crippen molar-refractivity contribution < 1.29 is 9.53 Å². The summed E-state index contributed by atoms with van der Waals surface area (Å²) >= 11 is 5.87. The SMILES string of the molecule is CC(C)(C)c1ccccc1Oc1ncccc1NC(=O)Nc1ccc(Cl)cc1. The van der Waals surface area contributed by atoms with Crippen molar-refractivity contribution in [1.29, 1.82) is 0 Å². The standard InChI is InChI=1S/C22H22ClN3O2/c1-22(2,3)17-7-4-5-9-19(17)28-20-18(8-6-14-24-20)26-21(27)25-16-12-10-15(23)11-13-16/h4-14H,1-3H3,(H2,25,26,27). The maximum Gasteiger partial charge on any atom is 0.323 e. The van der Waals surface area contributed by atoms with Crippen molar-refractivity contribution in [2.24, 2.45) is 0 Å². The number of carbonyl (C=O) groups excluding carboxylic acids is 1. The van der Waals surface area contributed by atoms with Crippen molar-refractivity contribution in [3.05, 3.63) is 77.4 Å². The molecule has 0 fully saturated rings. The lowest BCUT2D eigenvalue weighted by atomic mass is 9.86. The Bertz CT molecular complexity index is 966. The molecule has 28 heavy (non-hydrogen) atoms. The van der Waals surface area contributed by atoms with Crippen LogP contribution in [0.15, 0.2) is 66.9 Å². The van der Waals surface area contributed by atoms with Crippen molar-refractivity contribution in [1.82, 2.24) is 4.98 Å². The number of aromatic nitrogens is 1. The van der Waals surface area contributed by atoms with Crippen LogP contribution in [-0.2, 0) is 5.41 Å². The number of pyridine rings is 1. The highest BCUT2D eigenvalue weighted by molar-refractivity contribution is 6.30. The van der Waals surface area contributed by atoms with Gasteiger partial charge in [0.2, 0.25) is 5.88 Å². The highest BCUT2D eigenvalue weighted by Crippen LogP contribution is 2.35. The first-order valence-corrected chi connectivity index (χ1v) is 9.27. The van der Waals surface area contributed by atoms with Gasteiger partial charge in [0.25, 0.3) is 0 Å². The van der Waals surface area contributed by atoms with E-state index in [4.69, 9.17) is 16.3 Å². The second-order valence-electron chi connectivity index (χ2n) is 7.29. The zero-order valence-electron chi connectivity index (χ0n) is 16.0. The maximum atomic E-state index is 12.4. The van der Waals surface area contributed by atoms with Crippen LogP contribution >= 0.6 is 11.6 Å². The maximum absolute atomic E-state index is 12.4. The van der Waals surface area contributed by atoms with Gasteiger partial charge in [0.1, 0.15) is 11.4 Å². The smallest absolute Gasteiger partial charge is 0.323 e. The van der Waals surface area contributed by atoms with Gasteiger partial charge < -0.3 is 15.4 Å². The number of anilines is 2. The van der Waals surface area contributed by atoms with Crippen LogP contribution in [0.25, 0.3) is 0 Å². The molecule has 3 rings (SSSR count). The lowest BCUT2D eigenvalue weighted by Crippen LogP contribution is -2.20. The number of nitrogens with one attached hydrogen (secondary N) is 2. The number of urea groups is 1. The molecule has 0 spiro atoms. The number of para-hydroxylation sites is 1. The van der Waals surface area contributed by atoms with Crippen molar-refractivity contribution in [2.45, 2.75) is 26.2 Å². The van der Waals surface area contributed by atoms with Gasteiger partial charge in [0.05, 0.1) is 0 Å². The Hall–Kier alpha value is -3.05. The number of hydrogen-bond acceptors (Lipinski definition) is 3. The normalized spacial score (nSPS) is 11.0. The number of amides is 2. The molecule has 2 N–H and O–H groups in total. The van der Waals surface area contributed by atoms with Gasteiger partial charge in [-0.2, -0.15) is 0 Å². The van der Waals surface area contributed by atoms with Crippen LogP contribution in [-0.4, -0.2) is 11.0 Å². The largest absolute Gasteiger partial charge is 0.437 e. The average Bonchev–Trinajstić information content (AvgIpc) is 2.65. The molecule has 0 saturated carbocycles. The minimum Gasteiger partial charge on any atom is -0.437 e. The molecule has 0 unspecified atom stereocenters. The predicted octanol–water partition coefficient (Wildman–Crippen LogP) is 6.47. The Kier molecular flexibility index (Phi) is 5.85. The molecule has 0 aliphatic heterocycles. The lowest BCUT2D eigenvalue weighted by molar-refractivity contribution is 0.262. The van der Waals surface area contributed by atoms with Gasteiger partial charge in [0, 0.05) is 22.5 Å². The van der Waals surface area contributed by atoms with Gasteiger partial charge in [-0.1, -0.05) is 50.6 Å². The molecule has 5 nitrogen and oxygen atoms in total. The Morgan fingerprint density at radius 2 is 1.68 bits per heavy atom. The molecule has 0 radical (unpaired) electrons. The summed E-state index contributed by atoms with van der Waals surface area (Å²) in [6.07, 6.45) is 1.62. The topological polar surface area (TPSA) is 63.2 Å². The van der Waals surface area contributed by atoms with Crippen molar-refractivity contribution in [3.8, 4) is 11.6 Å². The highest BCUT2D eigenvalue weighted by Gasteiger charge is 2.20. The van der Waals surface area contributed by atoms with Crippen LogP contribution in [0.4, 0.5) is 16.2 Å². The van der Waals surface area contributed by atoms with Crippen LogP contribution in [0.3, 0.4) is 0 Å². The highest BCUT2D eigenvalue weighted by atomic mass is 35.5. The molecule has 6 heteroatoms. The third kappa shape index (κ3) is 5.02. The molecule has 0 aliphatic rings. The van der Waals surface area contributed by atoms with Crippen molar-refractivity contribution in [3.63, 3.8) is 0 Å². The van der Waals surface area contributed by atoms with E-state index in [9.17, 15) is 4.79 Å². The van der Waals surface area contributed by atoms with Gasteiger partial charge in [-0.15, -0.1) is 0 Å². The fourth-order valence-corrected chi connectivity index (χ4v) is 2.79. The Balaban J connectivity index is 1.79. The third-order valence-electron chi connectivity index (χ3n) is 4.02. The van der Waals surface area contributed by atoms with Crippen LogP contribution in [0.2, 0.25) is 5.02 Å². The summed E-state index contributed by atoms with van der Waals surface area (Å²) in [5.41, 5.74) is 2.06. The number of halogens is 1. The van der Waals surface area contributed by atoms with Crippen LogP contribution in [0, 0.1) is 0 Å². The molecule has 2 aromatic carbocycles. The summed E-state index contributed by atoms with van der Waals surface area (Å²) < 4.78 is 6.06. The van der Waals surface area contributed by atoms with E-state index < -0.39 is 6.03 Å². The molecule has 0 bridgehead atoms. The van der Waals surface area contributed by atoms with E-state index in [2.05, 4.69) is 36.4 Å². The molecule has 1 heterocycles. The minimum absolute atomic E-state index is 0.0923. The fourth-order valence-electron chi connectivity index (χ4n) is 2.66. The van der Waals surface area contributed by atoms with Gasteiger partial charge in [-0.3, -0.25) is 0 Å². The van der Waals surface area contributed by atoms with E-state index >= 15 is 0 Å². The Morgan fingerprint density at radius 3 is 2.39 bits per heavy atom. The summed E-state index contributed by atoms with van der Waals surface area (Å²) in [5, 5.41) is 6.14. The van der Waals surface area contributed by atoms with Crippen LogP contribution in [0.5, 0.6) is 11.6 Å². The number of benzene rings is 2. The lowest BCUT2D eigenvalue weighted by Gasteiger charge is -2.22. The number of nitrogens with zero attached hydrogens (tertiary/aromatic N) is 1. The van der Waals surface area contributed by atoms with Crippen LogP contribution < -0.4 is 15.4 Å². The number of ether oxygens (including phenoxy) is 1. The van der Waals surface area contributed by atoms with Crippen molar-refractivity contribution >= 4 is 29.0 Å². The Morgan fingerprint density at radius 1 is 0.964 bits per heavy atom. The van der Waals surface area contributed by atoms with Gasteiger partial charge in [-0.25, -0.2) is 9.78 Å². The number of carbonyl (C=O) groups is 1. The molecule has 0 saturated heterocycles. The summed E-state index contributed by atoms with van der Waals surface area (Å²) in [6.45, 7) is 6.35. The first kappa shape index (κ1) is 19.7. The Labute approximate surface area is 169 Å². The first-order valence-electron chi connectivity index (χ1n) is 8.89. The average molecular weight is 396 g/mol. The summed E-state index contributed by atoms with van der Waals surface area (Å²) in [7, 11) is 0. The molecular formula is C22H22ClN3O2. The van der Waals surface area contributed by atoms with E-state index in [-0.39, 0.29) is 5.41 Å². The predicted molar refractivity (Wildman–Crippen MR) is 114 cm³/mol. The van der Waals surface area contributed by atoms with Gasteiger partial charge >= 0.3 is 6.03 Å². The third-order valence-corrected chi connectivity index (χ3v) is 4.28. The van der Waals surface area contributed by atoms with E-state index in [1.54, 1.807) is 42.6 Å². The van der Waals surface area contributed by atoms with E-state index in [0.29, 0.717) is 28.0 Å². The minimum atomic E-state index is -0.399. The van der Waals surface area contributed by atoms with Gasteiger partial charge in [0.15, 0.2) is 0 Å². The monoisotopic (exact) mass is 395 g/mol. The molecular weight excluding hydrogens is 374 g/mol. The van der Waals surface area contributed by atoms with Crippen molar-refractivity contribution in [2.75, 3.05) is 10.6 Å². The molecule has 2 amide bonds. The molecule has 144 valence electrons. The molecule has 3 aromatic rings. The summed E-state index contributed by atoms with van der Waals surface area (Å²) in [4.78, 5) is 16.6. The molecule has 0 aliphatic carbocycles. The van der Waals surface area contributed by atoms with Gasteiger partial charge in [-0.05, 0) is 47.9 Å². The molecule has 0 atom stereocenters. The van der Waals surface area contributed by atoms with Crippen LogP contribution in [0.1, 0.15) is 26.3 Å². The van der Waals surface area contributed by atoms with E-state index in [0.717, 1.165) is 5.56 Å². The number of rotatable bonds is 4. The quantitative estimate of drug-likeness (QED) is 0.532.